The predicted molar refractivity (Wildman–Crippen MR) is 56.7 cm³/mol. The van der Waals surface area contributed by atoms with Crippen molar-refractivity contribution in [2.24, 2.45) is 5.73 Å². The molecule has 0 atom stereocenters. The fourth-order valence-electron chi connectivity index (χ4n) is 2.19. The first kappa shape index (κ1) is 10.6. The molecule has 1 aliphatic carbocycles. The molecule has 3 heteroatoms. The molecule has 0 radical (unpaired) electrons. The number of rotatable bonds is 1. The number of halogens is 1. The molecule has 15 heavy (non-hydrogen) atoms. The van der Waals surface area contributed by atoms with Gasteiger partial charge in [0.05, 0.1) is 6.10 Å². The monoisotopic (exact) mass is 209 g/mol. The van der Waals surface area contributed by atoms with Crippen LogP contribution in [0, 0.1) is 5.82 Å². The van der Waals surface area contributed by atoms with Crippen molar-refractivity contribution in [1.29, 1.82) is 0 Å². The molecule has 0 bridgehead atoms. The minimum Gasteiger partial charge on any atom is -0.393 e. The summed E-state index contributed by atoms with van der Waals surface area (Å²) in [5, 5.41) is 9.42. The van der Waals surface area contributed by atoms with E-state index < -0.39 is 0 Å². The molecule has 0 spiro atoms. The van der Waals surface area contributed by atoms with E-state index >= 15 is 0 Å². The van der Waals surface area contributed by atoms with Crippen LogP contribution in [0.3, 0.4) is 0 Å². The Morgan fingerprint density at radius 3 is 2.27 bits per heavy atom. The van der Waals surface area contributed by atoms with Crippen LogP contribution in [0.25, 0.3) is 0 Å². The largest absolute Gasteiger partial charge is 0.393 e. The van der Waals surface area contributed by atoms with Gasteiger partial charge in [-0.05, 0) is 43.4 Å². The van der Waals surface area contributed by atoms with Crippen LogP contribution in [0.5, 0.6) is 0 Å². The molecule has 0 unspecified atom stereocenters. The van der Waals surface area contributed by atoms with E-state index in [1.807, 2.05) is 0 Å². The molecule has 1 aliphatic rings. The van der Waals surface area contributed by atoms with Crippen molar-refractivity contribution in [2.45, 2.75) is 37.3 Å². The summed E-state index contributed by atoms with van der Waals surface area (Å²) < 4.78 is 12.8. The van der Waals surface area contributed by atoms with Gasteiger partial charge in [0.2, 0.25) is 0 Å². The number of benzene rings is 1. The molecule has 82 valence electrons. The zero-order valence-corrected chi connectivity index (χ0v) is 8.62. The smallest absolute Gasteiger partial charge is 0.123 e. The maximum absolute atomic E-state index is 12.8. The minimum absolute atomic E-state index is 0.220. The van der Waals surface area contributed by atoms with Crippen molar-refractivity contribution >= 4 is 0 Å². The van der Waals surface area contributed by atoms with Crippen LogP contribution in [0.15, 0.2) is 24.3 Å². The normalized spacial score (nSPS) is 31.5. The summed E-state index contributed by atoms with van der Waals surface area (Å²) in [5.41, 5.74) is 6.85. The number of nitrogens with two attached hydrogens (primary N) is 1. The lowest BCUT2D eigenvalue weighted by atomic mass is 9.76. The second kappa shape index (κ2) is 3.91. The Kier molecular flexibility index (Phi) is 2.76. The summed E-state index contributed by atoms with van der Waals surface area (Å²) in [7, 11) is 0. The molecule has 1 saturated carbocycles. The second-order valence-electron chi connectivity index (χ2n) is 4.39. The molecular weight excluding hydrogens is 193 g/mol. The summed E-state index contributed by atoms with van der Waals surface area (Å²) in [6.45, 7) is 0. The molecule has 0 aromatic heterocycles. The molecule has 0 aliphatic heterocycles. The Morgan fingerprint density at radius 2 is 1.73 bits per heavy atom. The molecular formula is C12H16FNO. The lowest BCUT2D eigenvalue weighted by molar-refractivity contribution is 0.0969. The summed E-state index contributed by atoms with van der Waals surface area (Å²) in [6, 6.07) is 6.37. The highest BCUT2D eigenvalue weighted by atomic mass is 19.1. The van der Waals surface area contributed by atoms with Gasteiger partial charge in [0.1, 0.15) is 5.82 Å². The Bertz CT molecular complexity index is 328. The molecule has 1 aromatic rings. The number of hydrogen-bond donors (Lipinski definition) is 2. The third kappa shape index (κ3) is 2.19. The topological polar surface area (TPSA) is 46.2 Å². The lowest BCUT2D eigenvalue weighted by Crippen LogP contribution is -2.41. The van der Waals surface area contributed by atoms with Crippen LogP contribution in [0.1, 0.15) is 31.2 Å². The third-order valence-corrected chi connectivity index (χ3v) is 3.27. The van der Waals surface area contributed by atoms with Gasteiger partial charge in [0.15, 0.2) is 0 Å². The van der Waals surface area contributed by atoms with Crippen LogP contribution in [-0.2, 0) is 5.54 Å². The van der Waals surface area contributed by atoms with E-state index in [9.17, 15) is 9.50 Å². The van der Waals surface area contributed by atoms with Crippen molar-refractivity contribution in [1.82, 2.24) is 0 Å². The summed E-state index contributed by atoms with van der Waals surface area (Å²) in [6.07, 6.45) is 2.77. The van der Waals surface area contributed by atoms with Gasteiger partial charge in [0.25, 0.3) is 0 Å². The molecule has 2 rings (SSSR count). The minimum atomic E-state index is -0.382. The summed E-state index contributed by atoms with van der Waals surface area (Å²) in [5.74, 6) is -0.238. The fraction of sp³-hybridized carbons (Fsp3) is 0.500. The lowest BCUT2D eigenvalue weighted by Gasteiger charge is -2.36. The molecule has 0 heterocycles. The average Bonchev–Trinajstić information content (AvgIpc) is 2.24. The zero-order valence-electron chi connectivity index (χ0n) is 8.62. The highest BCUT2D eigenvalue weighted by Gasteiger charge is 2.32. The SMILES string of the molecule is NC1(c2ccc(F)cc2)CCC(O)CC1. The molecule has 0 saturated heterocycles. The first-order chi connectivity index (χ1) is 7.10. The Balaban J connectivity index is 2.18. The van der Waals surface area contributed by atoms with E-state index in [0.29, 0.717) is 0 Å². The number of aliphatic hydroxyl groups excluding tert-OH is 1. The zero-order chi connectivity index (χ0) is 10.9. The Hall–Kier alpha value is -0.930. The first-order valence-corrected chi connectivity index (χ1v) is 5.33. The van der Waals surface area contributed by atoms with E-state index in [-0.39, 0.29) is 17.5 Å². The van der Waals surface area contributed by atoms with Crippen LogP contribution in [0.4, 0.5) is 4.39 Å². The van der Waals surface area contributed by atoms with Gasteiger partial charge in [-0.1, -0.05) is 12.1 Å². The predicted octanol–water partition coefficient (Wildman–Crippen LogP) is 1.91. The van der Waals surface area contributed by atoms with Crippen LogP contribution in [-0.4, -0.2) is 11.2 Å². The maximum Gasteiger partial charge on any atom is 0.123 e. The first-order valence-electron chi connectivity index (χ1n) is 5.33. The van der Waals surface area contributed by atoms with Crippen molar-refractivity contribution in [3.8, 4) is 0 Å². The van der Waals surface area contributed by atoms with E-state index in [1.54, 1.807) is 12.1 Å². The van der Waals surface area contributed by atoms with Crippen molar-refractivity contribution in [3.63, 3.8) is 0 Å². The molecule has 0 amide bonds. The molecule has 1 fully saturated rings. The maximum atomic E-state index is 12.8. The van der Waals surface area contributed by atoms with Crippen molar-refractivity contribution in [3.05, 3.63) is 35.6 Å². The van der Waals surface area contributed by atoms with Crippen LogP contribution < -0.4 is 5.73 Å². The van der Waals surface area contributed by atoms with Gasteiger partial charge in [0, 0.05) is 5.54 Å². The summed E-state index contributed by atoms with van der Waals surface area (Å²) >= 11 is 0. The van der Waals surface area contributed by atoms with E-state index in [1.165, 1.54) is 12.1 Å². The number of aliphatic hydroxyl groups is 1. The van der Waals surface area contributed by atoms with Crippen LogP contribution >= 0.6 is 0 Å². The Labute approximate surface area is 88.9 Å². The van der Waals surface area contributed by atoms with Gasteiger partial charge in [-0.2, -0.15) is 0 Å². The number of hydrogen-bond acceptors (Lipinski definition) is 2. The summed E-state index contributed by atoms with van der Waals surface area (Å²) in [4.78, 5) is 0. The molecule has 2 nitrogen and oxygen atoms in total. The quantitative estimate of drug-likeness (QED) is 0.742. The van der Waals surface area contributed by atoms with E-state index in [0.717, 1.165) is 31.2 Å². The van der Waals surface area contributed by atoms with Gasteiger partial charge < -0.3 is 10.8 Å². The van der Waals surface area contributed by atoms with Gasteiger partial charge >= 0.3 is 0 Å². The standard InChI is InChI=1S/C12H16FNO/c13-10-3-1-9(2-4-10)12(14)7-5-11(15)6-8-12/h1-4,11,15H,5-8,14H2. The van der Waals surface area contributed by atoms with E-state index in [2.05, 4.69) is 0 Å². The van der Waals surface area contributed by atoms with Crippen molar-refractivity contribution < 1.29 is 9.50 Å². The highest BCUT2D eigenvalue weighted by Crippen LogP contribution is 2.34. The highest BCUT2D eigenvalue weighted by molar-refractivity contribution is 5.25. The third-order valence-electron chi connectivity index (χ3n) is 3.27. The average molecular weight is 209 g/mol. The molecule has 1 aromatic carbocycles. The molecule has 3 N–H and O–H groups in total. The van der Waals surface area contributed by atoms with Crippen molar-refractivity contribution in [2.75, 3.05) is 0 Å². The van der Waals surface area contributed by atoms with Gasteiger partial charge in [-0.15, -0.1) is 0 Å². The van der Waals surface area contributed by atoms with Crippen LogP contribution in [0.2, 0.25) is 0 Å². The Morgan fingerprint density at radius 1 is 1.20 bits per heavy atom. The fourth-order valence-corrected chi connectivity index (χ4v) is 2.19. The van der Waals surface area contributed by atoms with Gasteiger partial charge in [-0.3, -0.25) is 0 Å². The van der Waals surface area contributed by atoms with Gasteiger partial charge in [-0.25, -0.2) is 4.39 Å². The second-order valence-corrected chi connectivity index (χ2v) is 4.39. The van der Waals surface area contributed by atoms with E-state index in [4.69, 9.17) is 5.73 Å².